The van der Waals surface area contributed by atoms with Crippen molar-refractivity contribution in [2.75, 3.05) is 26.1 Å². The van der Waals surface area contributed by atoms with Crippen LogP contribution in [-0.4, -0.2) is 47.0 Å². The first kappa shape index (κ1) is 20.6. The lowest BCUT2D eigenvalue weighted by Crippen LogP contribution is -2.29. The number of allylic oxidation sites excluding steroid dienone is 1. The molecule has 1 aliphatic heterocycles. The topological polar surface area (TPSA) is 100 Å². The zero-order valence-corrected chi connectivity index (χ0v) is 17.3. The minimum atomic E-state index is -0.541. The fourth-order valence-corrected chi connectivity index (χ4v) is 3.38. The number of anilines is 1. The normalized spacial score (nSPS) is 15.5. The van der Waals surface area contributed by atoms with Gasteiger partial charge in [-0.15, -0.1) is 0 Å². The molecule has 1 aromatic carbocycles. The Balaban J connectivity index is 1.91. The van der Waals surface area contributed by atoms with E-state index >= 15 is 0 Å². The third kappa shape index (κ3) is 4.33. The van der Waals surface area contributed by atoms with Crippen molar-refractivity contribution >= 4 is 11.9 Å². The van der Waals surface area contributed by atoms with Crippen LogP contribution >= 0.6 is 0 Å². The number of unbranched alkanes of at least 4 members (excludes halogenated alkanes) is 3. The average molecular weight is 401 g/mol. The van der Waals surface area contributed by atoms with E-state index in [0.29, 0.717) is 35.3 Å². The van der Waals surface area contributed by atoms with Crippen LogP contribution < -0.4 is 14.8 Å². The number of benzene rings is 1. The zero-order chi connectivity index (χ0) is 20.8. The second-order valence-electron chi connectivity index (χ2n) is 6.82. The van der Waals surface area contributed by atoms with Crippen molar-refractivity contribution in [2.45, 2.75) is 45.6 Å². The average Bonchev–Trinajstić information content (AvgIpc) is 3.20. The summed E-state index contributed by atoms with van der Waals surface area (Å²) in [5, 5.41) is 14.8. The van der Waals surface area contributed by atoms with Crippen LogP contribution in [0.4, 0.5) is 5.95 Å². The van der Waals surface area contributed by atoms with E-state index in [-0.39, 0.29) is 0 Å². The highest BCUT2D eigenvalue weighted by atomic mass is 16.5. The molecule has 0 saturated carbocycles. The number of carbonyl (C=O) groups excluding carboxylic acids is 1. The van der Waals surface area contributed by atoms with E-state index in [2.05, 4.69) is 27.8 Å². The van der Waals surface area contributed by atoms with E-state index in [0.717, 1.165) is 18.4 Å². The molecule has 0 radical (unpaired) electrons. The maximum atomic E-state index is 12.5. The Kier molecular flexibility index (Phi) is 6.69. The molecule has 0 bridgehead atoms. The summed E-state index contributed by atoms with van der Waals surface area (Å²) in [7, 11) is 2.95. The number of esters is 1. The third-order valence-corrected chi connectivity index (χ3v) is 4.88. The monoisotopic (exact) mass is 401 g/mol. The first-order valence-corrected chi connectivity index (χ1v) is 9.75. The van der Waals surface area contributed by atoms with Crippen molar-refractivity contribution in [3.05, 3.63) is 35.0 Å². The van der Waals surface area contributed by atoms with Crippen LogP contribution in [0.3, 0.4) is 0 Å². The first-order chi connectivity index (χ1) is 14.1. The predicted octanol–water partition coefficient (Wildman–Crippen LogP) is 3.10. The van der Waals surface area contributed by atoms with Gasteiger partial charge in [-0.25, -0.2) is 4.79 Å². The van der Waals surface area contributed by atoms with E-state index in [9.17, 15) is 4.79 Å². The highest BCUT2D eigenvalue weighted by Crippen LogP contribution is 2.38. The molecule has 1 atom stereocenters. The van der Waals surface area contributed by atoms with Gasteiger partial charge in [0.15, 0.2) is 11.5 Å². The van der Waals surface area contributed by atoms with Crippen molar-refractivity contribution in [3.8, 4) is 11.5 Å². The van der Waals surface area contributed by atoms with Gasteiger partial charge in [0, 0.05) is 5.70 Å². The smallest absolute Gasteiger partial charge is 0.338 e. The molecule has 1 aliphatic rings. The lowest BCUT2D eigenvalue weighted by atomic mass is 9.95. The summed E-state index contributed by atoms with van der Waals surface area (Å²) >= 11 is 0. The van der Waals surface area contributed by atoms with Gasteiger partial charge in [-0.2, -0.15) is 4.68 Å². The second-order valence-corrected chi connectivity index (χ2v) is 6.82. The molecular formula is C20H27N5O4. The zero-order valence-electron chi connectivity index (χ0n) is 17.3. The lowest BCUT2D eigenvalue weighted by molar-refractivity contribution is -0.136. The number of aromatic nitrogens is 4. The molecule has 1 aromatic heterocycles. The SMILES string of the molecule is CCCCCCOc1ccc(C2C(C(=O)OC)=C(C)Nc3nnnn32)cc1OC. The number of rotatable bonds is 9. The summed E-state index contributed by atoms with van der Waals surface area (Å²) in [6.07, 6.45) is 4.52. The molecule has 29 heavy (non-hydrogen) atoms. The number of methoxy groups -OCH3 is 2. The molecule has 156 valence electrons. The Hall–Kier alpha value is -3.10. The Morgan fingerprint density at radius 3 is 2.76 bits per heavy atom. The number of ether oxygens (including phenoxy) is 3. The first-order valence-electron chi connectivity index (χ1n) is 9.75. The van der Waals surface area contributed by atoms with E-state index in [1.54, 1.807) is 18.7 Å². The quantitative estimate of drug-likeness (QED) is 0.505. The Bertz CT molecular complexity index is 893. The van der Waals surface area contributed by atoms with Crippen LogP contribution in [0, 0.1) is 0 Å². The van der Waals surface area contributed by atoms with Crippen LogP contribution in [0.2, 0.25) is 0 Å². The predicted molar refractivity (Wildman–Crippen MR) is 107 cm³/mol. The summed E-state index contributed by atoms with van der Waals surface area (Å²) in [4.78, 5) is 12.5. The Labute approximate surface area is 170 Å². The fourth-order valence-electron chi connectivity index (χ4n) is 3.38. The van der Waals surface area contributed by atoms with E-state index < -0.39 is 12.0 Å². The maximum absolute atomic E-state index is 12.5. The number of hydrogen-bond acceptors (Lipinski definition) is 8. The standard InChI is InChI=1S/C20H27N5O4/c1-5-6-7-8-11-29-15-10-9-14(12-16(15)27-3)18-17(19(26)28-4)13(2)21-20-22-23-24-25(18)20/h9-10,12,18H,5-8,11H2,1-4H3,(H,21,22,24). The number of hydrogen-bond donors (Lipinski definition) is 1. The number of fused-ring (bicyclic) bond motifs is 1. The summed E-state index contributed by atoms with van der Waals surface area (Å²) in [6, 6.07) is 5.05. The summed E-state index contributed by atoms with van der Waals surface area (Å²) in [5.74, 6) is 1.26. The van der Waals surface area contributed by atoms with Crippen molar-refractivity contribution in [3.63, 3.8) is 0 Å². The van der Waals surface area contributed by atoms with Crippen LogP contribution in [0.25, 0.3) is 0 Å². The van der Waals surface area contributed by atoms with Crippen LogP contribution in [0.1, 0.15) is 51.1 Å². The number of nitrogens with one attached hydrogen (secondary N) is 1. The van der Waals surface area contributed by atoms with Crippen LogP contribution in [-0.2, 0) is 9.53 Å². The molecule has 0 fully saturated rings. The molecule has 9 heteroatoms. The molecule has 0 spiro atoms. The molecule has 0 saturated heterocycles. The maximum Gasteiger partial charge on any atom is 0.338 e. The van der Waals surface area contributed by atoms with E-state index in [1.165, 1.54) is 20.0 Å². The summed E-state index contributed by atoms with van der Waals surface area (Å²) < 4.78 is 18.0. The second kappa shape index (κ2) is 9.40. The van der Waals surface area contributed by atoms with Gasteiger partial charge in [-0.3, -0.25) is 0 Å². The van der Waals surface area contributed by atoms with E-state index in [4.69, 9.17) is 14.2 Å². The van der Waals surface area contributed by atoms with Gasteiger partial charge in [-0.1, -0.05) is 37.4 Å². The Morgan fingerprint density at radius 2 is 2.03 bits per heavy atom. The number of tetrazole rings is 1. The minimum Gasteiger partial charge on any atom is -0.493 e. The van der Waals surface area contributed by atoms with Gasteiger partial charge in [0.2, 0.25) is 5.95 Å². The summed E-state index contributed by atoms with van der Waals surface area (Å²) in [6.45, 7) is 4.60. The van der Waals surface area contributed by atoms with Crippen LogP contribution in [0.15, 0.2) is 29.5 Å². The molecule has 9 nitrogen and oxygen atoms in total. The largest absolute Gasteiger partial charge is 0.493 e. The third-order valence-electron chi connectivity index (χ3n) is 4.88. The molecular weight excluding hydrogens is 374 g/mol. The highest BCUT2D eigenvalue weighted by molar-refractivity contribution is 5.92. The molecule has 1 unspecified atom stereocenters. The van der Waals surface area contributed by atoms with Crippen LogP contribution in [0.5, 0.6) is 11.5 Å². The minimum absolute atomic E-state index is 0.433. The van der Waals surface area contributed by atoms with E-state index in [1.807, 2.05) is 18.2 Å². The molecule has 0 aliphatic carbocycles. The molecule has 2 heterocycles. The lowest BCUT2D eigenvalue weighted by Gasteiger charge is -2.27. The summed E-state index contributed by atoms with van der Waals surface area (Å²) in [5.41, 5.74) is 1.86. The van der Waals surface area contributed by atoms with Gasteiger partial charge in [0.25, 0.3) is 0 Å². The molecule has 1 N–H and O–H groups in total. The van der Waals surface area contributed by atoms with Gasteiger partial charge >= 0.3 is 5.97 Å². The van der Waals surface area contributed by atoms with Crippen molar-refractivity contribution < 1.29 is 19.0 Å². The van der Waals surface area contributed by atoms with Gasteiger partial charge in [0.05, 0.1) is 26.4 Å². The molecule has 2 aromatic rings. The van der Waals surface area contributed by atoms with Crippen molar-refractivity contribution in [2.24, 2.45) is 0 Å². The molecule has 3 rings (SSSR count). The Morgan fingerprint density at radius 1 is 1.21 bits per heavy atom. The number of carbonyl (C=O) groups is 1. The molecule has 0 amide bonds. The number of nitrogens with zero attached hydrogens (tertiary/aromatic N) is 4. The van der Waals surface area contributed by atoms with Gasteiger partial charge in [-0.05, 0) is 41.5 Å². The van der Waals surface area contributed by atoms with Gasteiger partial charge in [0.1, 0.15) is 6.04 Å². The van der Waals surface area contributed by atoms with Crippen molar-refractivity contribution in [1.29, 1.82) is 0 Å². The highest BCUT2D eigenvalue weighted by Gasteiger charge is 2.35. The van der Waals surface area contributed by atoms with Gasteiger partial charge < -0.3 is 19.5 Å². The van der Waals surface area contributed by atoms with Crippen molar-refractivity contribution in [1.82, 2.24) is 20.2 Å². The fraction of sp³-hybridized carbons (Fsp3) is 0.500.